The van der Waals surface area contributed by atoms with Crippen LogP contribution in [0.4, 0.5) is 0 Å². The molecule has 0 saturated heterocycles. The topological polar surface area (TPSA) is 17.1 Å². The molecule has 0 spiro atoms. The van der Waals surface area contributed by atoms with E-state index >= 15 is 0 Å². The molecule has 1 aliphatic carbocycles. The summed E-state index contributed by atoms with van der Waals surface area (Å²) in [6, 6.07) is 8.20. The van der Waals surface area contributed by atoms with Gasteiger partial charge in [-0.15, -0.1) is 0 Å². The molecule has 144 valence electrons. The van der Waals surface area contributed by atoms with Gasteiger partial charge in [0, 0.05) is 17.9 Å². The Morgan fingerprint density at radius 3 is 2.27 bits per heavy atom. The first-order valence-electron chi connectivity index (χ1n) is 10.6. The predicted molar refractivity (Wildman–Crippen MR) is 115 cm³/mol. The molecule has 0 aliphatic heterocycles. The number of hydrogen-bond donors (Lipinski definition) is 0. The molecule has 26 heavy (non-hydrogen) atoms. The molecule has 1 aliphatic rings. The van der Waals surface area contributed by atoms with Gasteiger partial charge in [0.1, 0.15) is 0 Å². The van der Waals surface area contributed by atoms with Crippen LogP contribution in [0.5, 0.6) is 0 Å². The third-order valence-corrected chi connectivity index (χ3v) is 5.17. The van der Waals surface area contributed by atoms with Crippen molar-refractivity contribution in [2.24, 2.45) is 5.92 Å². The molecule has 0 N–H and O–H groups in total. The van der Waals surface area contributed by atoms with E-state index in [0.29, 0.717) is 18.1 Å². The number of benzene rings is 1. The lowest BCUT2D eigenvalue weighted by molar-refractivity contribution is 0.0978. The molecule has 0 heterocycles. The summed E-state index contributed by atoms with van der Waals surface area (Å²) >= 11 is 0. The van der Waals surface area contributed by atoms with E-state index in [0.717, 1.165) is 17.9 Å². The zero-order valence-electron chi connectivity index (χ0n) is 17.6. The van der Waals surface area contributed by atoms with Crippen molar-refractivity contribution >= 4 is 5.78 Å². The lowest BCUT2D eigenvalue weighted by Crippen LogP contribution is -2.02. The predicted octanol–water partition coefficient (Wildman–Crippen LogP) is 7.88. The minimum Gasteiger partial charge on any atom is -0.294 e. The standard InChI is InChI=1S/C23H32O.C2H6/c1-4-8-19(5-2)9-6-7-10-23(24)21-15-13-20(14-16-21)22-12-11-18(3)17-22;1-2/h11-17,19,22H,4-10H2,1-3H3;1-2H3. The minimum absolute atomic E-state index is 0.291. The molecule has 1 nitrogen and oxygen atoms in total. The summed E-state index contributed by atoms with van der Waals surface area (Å²) in [5, 5.41) is 0. The SMILES string of the molecule is CC.CCCC(CC)CCCCC(=O)c1ccc(C2C=CC(C)=C2)cc1. The molecule has 0 fully saturated rings. The molecule has 1 aromatic rings. The van der Waals surface area contributed by atoms with Crippen molar-refractivity contribution in [2.75, 3.05) is 0 Å². The van der Waals surface area contributed by atoms with Gasteiger partial charge in [0.25, 0.3) is 0 Å². The zero-order chi connectivity index (χ0) is 19.4. The van der Waals surface area contributed by atoms with Gasteiger partial charge in [-0.3, -0.25) is 4.79 Å². The van der Waals surface area contributed by atoms with Crippen molar-refractivity contribution in [1.29, 1.82) is 0 Å². The summed E-state index contributed by atoms with van der Waals surface area (Å²) in [5.74, 6) is 1.51. The van der Waals surface area contributed by atoms with Crippen LogP contribution in [0.15, 0.2) is 48.1 Å². The smallest absolute Gasteiger partial charge is 0.162 e. The maximum absolute atomic E-state index is 12.3. The van der Waals surface area contributed by atoms with E-state index in [1.807, 2.05) is 26.0 Å². The molecule has 2 unspecified atom stereocenters. The maximum Gasteiger partial charge on any atom is 0.162 e. The largest absolute Gasteiger partial charge is 0.294 e. The molecule has 0 bridgehead atoms. The van der Waals surface area contributed by atoms with Gasteiger partial charge in [0.2, 0.25) is 0 Å². The maximum atomic E-state index is 12.3. The number of unbranched alkanes of at least 4 members (excludes halogenated alkanes) is 1. The summed E-state index contributed by atoms with van der Waals surface area (Å²) in [6.45, 7) is 10.7. The summed E-state index contributed by atoms with van der Waals surface area (Å²) in [4.78, 5) is 12.3. The number of Topliss-reactive ketones (excluding diaryl/α,β-unsaturated/α-hetero) is 1. The highest BCUT2D eigenvalue weighted by molar-refractivity contribution is 5.96. The lowest BCUT2D eigenvalue weighted by Gasteiger charge is -2.13. The van der Waals surface area contributed by atoms with Gasteiger partial charge < -0.3 is 0 Å². The Labute approximate surface area is 161 Å². The summed E-state index contributed by atoms with van der Waals surface area (Å²) in [5.41, 5.74) is 3.45. The quantitative estimate of drug-likeness (QED) is 0.308. The molecule has 2 rings (SSSR count). The van der Waals surface area contributed by atoms with Crippen molar-refractivity contribution in [3.63, 3.8) is 0 Å². The van der Waals surface area contributed by atoms with Crippen molar-refractivity contribution < 1.29 is 4.79 Å². The number of ketones is 1. The van der Waals surface area contributed by atoms with Crippen LogP contribution < -0.4 is 0 Å². The van der Waals surface area contributed by atoms with E-state index in [1.165, 1.54) is 43.2 Å². The Morgan fingerprint density at radius 2 is 1.73 bits per heavy atom. The highest BCUT2D eigenvalue weighted by Gasteiger charge is 2.12. The van der Waals surface area contributed by atoms with Gasteiger partial charge in [-0.1, -0.05) is 108 Å². The number of allylic oxidation sites excluding steroid dienone is 4. The number of carbonyl (C=O) groups excluding carboxylic acids is 1. The average molecular weight is 355 g/mol. The summed E-state index contributed by atoms with van der Waals surface area (Å²) < 4.78 is 0. The van der Waals surface area contributed by atoms with Crippen LogP contribution in [0, 0.1) is 5.92 Å². The van der Waals surface area contributed by atoms with Crippen LogP contribution in [0.25, 0.3) is 0 Å². The highest BCUT2D eigenvalue weighted by atomic mass is 16.1. The van der Waals surface area contributed by atoms with Crippen molar-refractivity contribution in [1.82, 2.24) is 0 Å². The van der Waals surface area contributed by atoms with E-state index < -0.39 is 0 Å². The van der Waals surface area contributed by atoms with Crippen LogP contribution in [-0.2, 0) is 0 Å². The second kappa shape index (κ2) is 12.7. The van der Waals surface area contributed by atoms with Crippen LogP contribution >= 0.6 is 0 Å². The lowest BCUT2D eigenvalue weighted by atomic mass is 9.93. The van der Waals surface area contributed by atoms with E-state index in [1.54, 1.807) is 0 Å². The van der Waals surface area contributed by atoms with Crippen LogP contribution in [0.2, 0.25) is 0 Å². The second-order valence-corrected chi connectivity index (χ2v) is 7.15. The summed E-state index contributed by atoms with van der Waals surface area (Å²) in [6.07, 6.45) is 14.7. The molecule has 2 atom stereocenters. The molecule has 0 amide bonds. The fourth-order valence-electron chi connectivity index (χ4n) is 3.57. The Hall–Kier alpha value is -1.63. The number of carbonyl (C=O) groups is 1. The fourth-order valence-corrected chi connectivity index (χ4v) is 3.57. The first kappa shape index (κ1) is 22.4. The van der Waals surface area contributed by atoms with Crippen LogP contribution in [-0.4, -0.2) is 5.78 Å². The Balaban J connectivity index is 0.00000163. The van der Waals surface area contributed by atoms with Crippen LogP contribution in [0.1, 0.15) is 101 Å². The van der Waals surface area contributed by atoms with Crippen LogP contribution in [0.3, 0.4) is 0 Å². The van der Waals surface area contributed by atoms with E-state index in [-0.39, 0.29) is 0 Å². The zero-order valence-corrected chi connectivity index (χ0v) is 17.6. The van der Waals surface area contributed by atoms with Gasteiger partial charge in [-0.25, -0.2) is 0 Å². The Bertz CT molecular complexity index is 577. The Morgan fingerprint density at radius 1 is 1.04 bits per heavy atom. The van der Waals surface area contributed by atoms with Gasteiger partial charge >= 0.3 is 0 Å². The van der Waals surface area contributed by atoms with Gasteiger partial charge in [0.15, 0.2) is 5.78 Å². The highest BCUT2D eigenvalue weighted by Crippen LogP contribution is 2.26. The van der Waals surface area contributed by atoms with E-state index in [9.17, 15) is 4.79 Å². The molecule has 0 aromatic heterocycles. The Kier molecular flexibility index (Phi) is 10.9. The molecular weight excluding hydrogens is 316 g/mol. The van der Waals surface area contributed by atoms with Gasteiger partial charge in [0.05, 0.1) is 0 Å². The third kappa shape index (κ3) is 7.32. The first-order chi connectivity index (χ1) is 12.6. The third-order valence-electron chi connectivity index (χ3n) is 5.17. The normalized spacial score (nSPS) is 16.7. The molecular formula is C25H38O. The van der Waals surface area contributed by atoms with Crippen molar-refractivity contribution in [3.8, 4) is 0 Å². The van der Waals surface area contributed by atoms with Gasteiger partial charge in [-0.2, -0.15) is 0 Å². The summed E-state index contributed by atoms with van der Waals surface area (Å²) in [7, 11) is 0. The molecule has 0 saturated carbocycles. The number of rotatable bonds is 10. The fraction of sp³-hybridized carbons (Fsp3) is 0.560. The van der Waals surface area contributed by atoms with Crippen molar-refractivity contribution in [3.05, 3.63) is 59.2 Å². The van der Waals surface area contributed by atoms with Crippen molar-refractivity contribution in [2.45, 2.75) is 85.5 Å². The van der Waals surface area contributed by atoms with E-state index in [4.69, 9.17) is 0 Å². The molecule has 1 aromatic carbocycles. The first-order valence-corrected chi connectivity index (χ1v) is 10.6. The molecule has 0 radical (unpaired) electrons. The monoisotopic (exact) mass is 354 g/mol. The molecule has 1 heteroatoms. The minimum atomic E-state index is 0.291. The average Bonchev–Trinajstić information content (AvgIpc) is 3.12. The second-order valence-electron chi connectivity index (χ2n) is 7.15. The van der Waals surface area contributed by atoms with Gasteiger partial charge in [-0.05, 0) is 24.8 Å². The van der Waals surface area contributed by atoms with E-state index in [2.05, 4.69) is 51.1 Å². The number of hydrogen-bond acceptors (Lipinski definition) is 1.